The lowest BCUT2D eigenvalue weighted by Crippen LogP contribution is -2.63. The first-order valence-corrected chi connectivity index (χ1v) is 13.3. The number of aromatic nitrogens is 2. The Labute approximate surface area is 220 Å². The van der Waals surface area contributed by atoms with Crippen molar-refractivity contribution in [1.82, 2.24) is 19.6 Å². The van der Waals surface area contributed by atoms with Gasteiger partial charge in [-0.15, -0.1) is 11.8 Å². The van der Waals surface area contributed by atoms with Crippen LogP contribution in [0.5, 0.6) is 0 Å². The van der Waals surface area contributed by atoms with Crippen LogP contribution < -0.4 is 0 Å². The van der Waals surface area contributed by atoms with E-state index in [1.54, 1.807) is 22.7 Å². The average Bonchev–Trinajstić information content (AvgIpc) is 3.52. The molecule has 1 aromatic rings. The van der Waals surface area contributed by atoms with E-state index >= 15 is 0 Å². The molecule has 2 fully saturated rings. The number of hydrogen-bond acceptors (Lipinski definition) is 8. The summed E-state index contributed by atoms with van der Waals surface area (Å²) in [4.78, 5) is 42.8. The van der Waals surface area contributed by atoms with Gasteiger partial charge in [0, 0.05) is 54.0 Å². The van der Waals surface area contributed by atoms with Crippen molar-refractivity contribution in [2.45, 2.75) is 50.1 Å². The molecule has 3 aliphatic rings. The van der Waals surface area contributed by atoms with E-state index in [0.29, 0.717) is 19.4 Å². The highest BCUT2D eigenvalue weighted by Crippen LogP contribution is 2.52. The van der Waals surface area contributed by atoms with Crippen LogP contribution in [0.4, 0.5) is 4.79 Å². The van der Waals surface area contributed by atoms with Crippen molar-refractivity contribution in [2.24, 2.45) is 18.9 Å². The maximum Gasteiger partial charge on any atom is 0.410 e. The van der Waals surface area contributed by atoms with Crippen LogP contribution in [-0.4, -0.2) is 85.9 Å². The number of hydrogen-bond donors (Lipinski definition) is 1. The number of fused-ring (bicyclic) bond motifs is 1. The number of thioether (sulfide) groups is 1. The van der Waals surface area contributed by atoms with Crippen LogP contribution in [0.2, 0.25) is 0 Å². The summed E-state index contributed by atoms with van der Waals surface area (Å²) in [6, 6.07) is 1.50. The fourth-order valence-electron chi connectivity index (χ4n) is 5.48. The minimum Gasteiger partial charge on any atom is -0.457 e. The van der Waals surface area contributed by atoms with E-state index in [-0.39, 0.29) is 48.1 Å². The second-order valence-electron chi connectivity index (χ2n) is 9.65. The number of nitrogens with zero attached hydrogens (tertiary/aromatic N) is 4. The largest absolute Gasteiger partial charge is 0.457 e. The molecule has 0 aromatic carbocycles. The Morgan fingerprint density at radius 2 is 2.00 bits per heavy atom. The molecule has 4 rings (SSSR count). The molecule has 4 heterocycles. The number of rotatable bonds is 10. The van der Waals surface area contributed by atoms with Crippen molar-refractivity contribution in [3.05, 3.63) is 53.9 Å². The Bertz CT molecular complexity index is 1110. The summed E-state index contributed by atoms with van der Waals surface area (Å²) in [7, 11) is 1.86. The lowest BCUT2D eigenvalue weighted by Gasteiger charge is -2.46. The van der Waals surface area contributed by atoms with E-state index in [0.717, 1.165) is 10.6 Å². The third-order valence-corrected chi connectivity index (χ3v) is 8.72. The van der Waals surface area contributed by atoms with Crippen molar-refractivity contribution in [3.8, 4) is 0 Å². The third kappa shape index (κ3) is 5.06. The minimum absolute atomic E-state index is 0.0281. The maximum absolute atomic E-state index is 13.0. The Hall–Kier alpha value is -3.05. The number of ether oxygens (including phenoxy) is 2. The molecule has 0 spiro atoms. The molecule has 2 saturated heterocycles. The van der Waals surface area contributed by atoms with Gasteiger partial charge in [0.05, 0.1) is 18.1 Å². The van der Waals surface area contributed by atoms with Gasteiger partial charge in [-0.2, -0.15) is 5.10 Å². The predicted octanol–water partition coefficient (Wildman–Crippen LogP) is 2.26. The van der Waals surface area contributed by atoms with Gasteiger partial charge in [-0.25, -0.2) is 9.59 Å². The zero-order valence-electron chi connectivity index (χ0n) is 21.4. The highest BCUT2D eigenvalue weighted by molar-refractivity contribution is 8.03. The fourth-order valence-corrected chi connectivity index (χ4v) is 7.04. The summed E-state index contributed by atoms with van der Waals surface area (Å²) in [6.45, 7) is 11.3. The highest BCUT2D eigenvalue weighted by Gasteiger charge is 2.60. The molecule has 0 aliphatic carbocycles. The van der Waals surface area contributed by atoms with Crippen molar-refractivity contribution in [3.63, 3.8) is 0 Å². The smallest absolute Gasteiger partial charge is 0.410 e. The van der Waals surface area contributed by atoms with Crippen LogP contribution in [0.1, 0.15) is 26.0 Å². The Morgan fingerprint density at radius 3 is 2.62 bits per heavy atom. The Morgan fingerprint density at radius 1 is 1.30 bits per heavy atom. The van der Waals surface area contributed by atoms with Crippen LogP contribution in [0.15, 0.2) is 48.2 Å². The van der Waals surface area contributed by atoms with Crippen molar-refractivity contribution < 1.29 is 29.0 Å². The Balaban J connectivity index is 1.59. The summed E-state index contributed by atoms with van der Waals surface area (Å²) in [5.74, 6) is -1.59. The first-order valence-electron chi connectivity index (χ1n) is 12.4. The van der Waals surface area contributed by atoms with Gasteiger partial charge in [0.25, 0.3) is 0 Å². The quantitative estimate of drug-likeness (QED) is 0.278. The van der Waals surface area contributed by atoms with Crippen LogP contribution >= 0.6 is 11.8 Å². The summed E-state index contributed by atoms with van der Waals surface area (Å²) >= 11 is 1.51. The lowest BCUT2D eigenvalue weighted by atomic mass is 9.79. The second kappa shape index (κ2) is 11.1. The number of aryl methyl sites for hydroxylation is 1. The average molecular weight is 531 g/mol. The number of carbonyl (C=O) groups is 3. The van der Waals surface area contributed by atoms with Crippen LogP contribution in [0.25, 0.3) is 0 Å². The predicted molar refractivity (Wildman–Crippen MR) is 138 cm³/mol. The number of β-lactam (4-membered cyclic amide) rings is 1. The first kappa shape index (κ1) is 27.0. The topological polar surface area (TPSA) is 114 Å². The fraction of sp³-hybridized carbons (Fsp3) is 0.538. The van der Waals surface area contributed by atoms with Gasteiger partial charge >= 0.3 is 12.1 Å². The van der Waals surface area contributed by atoms with E-state index < -0.39 is 24.1 Å². The summed E-state index contributed by atoms with van der Waals surface area (Å²) in [5, 5.41) is 14.4. The summed E-state index contributed by atoms with van der Waals surface area (Å²) < 4.78 is 12.5. The molecule has 200 valence electrons. The molecule has 0 saturated carbocycles. The molecular formula is C26H34N4O6S. The van der Waals surface area contributed by atoms with Crippen molar-refractivity contribution >= 4 is 29.7 Å². The lowest BCUT2D eigenvalue weighted by molar-refractivity contribution is -0.164. The van der Waals surface area contributed by atoms with Gasteiger partial charge in [0.1, 0.15) is 18.9 Å². The highest BCUT2D eigenvalue weighted by atomic mass is 32.2. The molecule has 0 unspecified atom stereocenters. The number of aliphatic hydroxyl groups excluding tert-OH is 1. The molecule has 3 aliphatic heterocycles. The third-order valence-electron chi connectivity index (χ3n) is 7.23. The van der Waals surface area contributed by atoms with Gasteiger partial charge in [0.2, 0.25) is 5.91 Å². The summed E-state index contributed by atoms with van der Waals surface area (Å²) in [5.41, 5.74) is 1.23. The zero-order valence-corrected chi connectivity index (χ0v) is 22.2. The van der Waals surface area contributed by atoms with Crippen LogP contribution in [0, 0.1) is 11.8 Å². The number of carbonyl (C=O) groups excluding carboxylic acids is 3. The standard InChI is InChI=1S/C26H34N4O6S/c1-6-10-35-25(33)22-23(15(3)21-20(16(4)31)24(32)30(21)22)37-19-13-18(12-17-8-9-27-28(17)5)29(14-19)26(34)36-11-7-2/h6-9,15-16,18-21,31H,1-2,10-14H2,3-5H3/t15-,16-,18-,19+,20-,21-/m1/s1. The van der Waals surface area contributed by atoms with Gasteiger partial charge in [-0.1, -0.05) is 32.2 Å². The van der Waals surface area contributed by atoms with Gasteiger partial charge in [-0.3, -0.25) is 9.48 Å². The number of esters is 1. The molecule has 1 aromatic heterocycles. The van der Waals surface area contributed by atoms with Crippen LogP contribution in [0.3, 0.4) is 0 Å². The molecule has 1 N–H and O–H groups in total. The van der Waals surface area contributed by atoms with Gasteiger partial charge in [0.15, 0.2) is 0 Å². The normalized spacial score (nSPS) is 27.6. The second-order valence-corrected chi connectivity index (χ2v) is 11.0. The molecule has 10 nitrogen and oxygen atoms in total. The van der Waals surface area contributed by atoms with Gasteiger partial charge < -0.3 is 24.4 Å². The van der Waals surface area contributed by atoms with E-state index in [1.807, 2.05) is 20.0 Å². The first-order chi connectivity index (χ1) is 17.7. The monoisotopic (exact) mass is 530 g/mol. The SMILES string of the molecule is C=CCOC(=O)C1=C(S[C@H]2C[C@@H](Cc3ccnn3C)N(C(=O)OCC=C)C2)[C@H](C)[C@@H]2[C@@H]([C@@H](C)O)C(=O)N12. The summed E-state index contributed by atoms with van der Waals surface area (Å²) in [6.07, 6.45) is 4.77. The van der Waals surface area contributed by atoms with Crippen molar-refractivity contribution in [2.75, 3.05) is 19.8 Å². The molecule has 0 bridgehead atoms. The van der Waals surface area contributed by atoms with Gasteiger partial charge in [-0.05, 0) is 19.4 Å². The van der Waals surface area contributed by atoms with E-state index in [9.17, 15) is 19.5 Å². The molecule has 2 amide bonds. The van der Waals surface area contributed by atoms with Crippen molar-refractivity contribution in [1.29, 1.82) is 0 Å². The number of likely N-dealkylation sites (tertiary alicyclic amines) is 1. The zero-order chi connectivity index (χ0) is 26.9. The van der Waals surface area contributed by atoms with E-state index in [4.69, 9.17) is 9.47 Å². The number of amides is 2. The van der Waals surface area contributed by atoms with E-state index in [1.165, 1.54) is 28.8 Å². The van der Waals surface area contributed by atoms with E-state index in [2.05, 4.69) is 18.3 Å². The number of aliphatic hydroxyl groups is 1. The molecule has 0 radical (unpaired) electrons. The molecule has 6 atom stereocenters. The van der Waals surface area contributed by atoms with Crippen LogP contribution in [-0.2, 0) is 32.5 Å². The molecule has 37 heavy (non-hydrogen) atoms. The Kier molecular flexibility index (Phi) is 8.13. The molecular weight excluding hydrogens is 496 g/mol. The molecule has 11 heteroatoms. The maximum atomic E-state index is 13.0. The minimum atomic E-state index is -0.823.